The first-order valence-electron chi connectivity index (χ1n) is 10.7. The Kier molecular flexibility index (Phi) is 6.64. The van der Waals surface area contributed by atoms with Crippen LogP contribution in [0.2, 0.25) is 0 Å². The monoisotopic (exact) mass is 412 g/mol. The molecule has 2 aromatic rings. The SMILES string of the molecule is CN=C(NCC1(c2ccccc2)CCOCC1)NC1CCc2nc(COC)nn2C1. The number of nitrogens with zero attached hydrogens (tertiary/aromatic N) is 4. The number of guanidine groups is 1. The molecule has 1 aromatic heterocycles. The fourth-order valence-electron chi connectivity index (χ4n) is 4.43. The zero-order valence-electron chi connectivity index (χ0n) is 17.9. The predicted molar refractivity (Wildman–Crippen MR) is 116 cm³/mol. The fourth-order valence-corrected chi connectivity index (χ4v) is 4.43. The average Bonchev–Trinajstić information content (AvgIpc) is 3.20. The van der Waals surface area contributed by atoms with Crippen LogP contribution in [0.4, 0.5) is 0 Å². The molecule has 0 aliphatic carbocycles. The van der Waals surface area contributed by atoms with E-state index in [2.05, 4.69) is 56.0 Å². The van der Waals surface area contributed by atoms with Gasteiger partial charge in [-0.3, -0.25) is 4.99 Å². The number of hydrogen-bond acceptors (Lipinski definition) is 5. The highest BCUT2D eigenvalue weighted by molar-refractivity contribution is 5.80. The smallest absolute Gasteiger partial charge is 0.191 e. The summed E-state index contributed by atoms with van der Waals surface area (Å²) in [6.45, 7) is 3.66. The molecule has 1 saturated heterocycles. The number of aliphatic imine (C=N–C) groups is 1. The molecular formula is C22H32N6O2. The van der Waals surface area contributed by atoms with Gasteiger partial charge in [-0.2, -0.15) is 5.10 Å². The minimum Gasteiger partial charge on any atom is -0.381 e. The van der Waals surface area contributed by atoms with Crippen LogP contribution in [0.1, 0.15) is 36.5 Å². The first-order valence-corrected chi connectivity index (χ1v) is 10.7. The van der Waals surface area contributed by atoms with Gasteiger partial charge in [0, 0.05) is 51.8 Å². The highest BCUT2D eigenvalue weighted by atomic mass is 16.5. The van der Waals surface area contributed by atoms with Crippen LogP contribution in [-0.4, -0.2) is 60.7 Å². The molecule has 1 fully saturated rings. The minimum atomic E-state index is 0.0673. The molecular weight excluding hydrogens is 380 g/mol. The molecule has 0 bridgehead atoms. The second-order valence-electron chi connectivity index (χ2n) is 8.12. The van der Waals surface area contributed by atoms with E-state index in [1.807, 2.05) is 11.7 Å². The quantitative estimate of drug-likeness (QED) is 0.554. The molecule has 4 rings (SSSR count). The van der Waals surface area contributed by atoms with Gasteiger partial charge in [-0.1, -0.05) is 30.3 Å². The Morgan fingerprint density at radius 3 is 2.83 bits per heavy atom. The third-order valence-corrected chi connectivity index (χ3v) is 6.17. The standard InChI is InChI=1S/C22H32N6O2/c1-23-21(25-18-8-9-20-26-19(15-29-2)27-28(20)14-18)24-16-22(10-12-30-13-11-22)17-6-4-3-5-7-17/h3-7,18H,8-16H2,1-2H3,(H2,23,24,25). The Morgan fingerprint density at radius 2 is 2.10 bits per heavy atom. The van der Waals surface area contributed by atoms with Crippen molar-refractivity contribution >= 4 is 5.96 Å². The normalized spacial score (nSPS) is 21.1. The topological polar surface area (TPSA) is 85.6 Å². The summed E-state index contributed by atoms with van der Waals surface area (Å²) in [6.07, 6.45) is 3.92. The molecule has 1 unspecified atom stereocenters. The van der Waals surface area contributed by atoms with E-state index in [0.717, 1.165) is 69.6 Å². The summed E-state index contributed by atoms with van der Waals surface area (Å²) in [5.41, 5.74) is 1.43. The summed E-state index contributed by atoms with van der Waals surface area (Å²) in [5.74, 6) is 2.62. The number of ether oxygens (including phenoxy) is 2. The lowest BCUT2D eigenvalue weighted by Gasteiger charge is -2.38. The maximum atomic E-state index is 5.66. The maximum absolute atomic E-state index is 5.66. The summed E-state index contributed by atoms with van der Waals surface area (Å²) in [4.78, 5) is 9.04. The minimum absolute atomic E-state index is 0.0673. The van der Waals surface area contributed by atoms with Crippen molar-refractivity contribution in [3.05, 3.63) is 47.5 Å². The first kappa shape index (κ1) is 20.8. The van der Waals surface area contributed by atoms with Crippen molar-refractivity contribution in [1.82, 2.24) is 25.4 Å². The Balaban J connectivity index is 1.38. The summed E-state index contributed by atoms with van der Waals surface area (Å²) in [5, 5.41) is 11.7. The van der Waals surface area contributed by atoms with Crippen molar-refractivity contribution in [2.45, 2.75) is 50.3 Å². The van der Waals surface area contributed by atoms with Crippen LogP contribution in [0.3, 0.4) is 0 Å². The van der Waals surface area contributed by atoms with E-state index in [-0.39, 0.29) is 11.5 Å². The summed E-state index contributed by atoms with van der Waals surface area (Å²) in [7, 11) is 3.50. The zero-order valence-corrected chi connectivity index (χ0v) is 17.9. The highest BCUT2D eigenvalue weighted by Gasteiger charge is 2.34. The number of nitrogens with one attached hydrogen (secondary N) is 2. The molecule has 0 amide bonds. The molecule has 2 aliphatic rings. The summed E-state index contributed by atoms with van der Waals surface area (Å²) >= 11 is 0. The van der Waals surface area contributed by atoms with Gasteiger partial charge in [0.25, 0.3) is 0 Å². The molecule has 1 aromatic carbocycles. The van der Waals surface area contributed by atoms with Gasteiger partial charge in [0.05, 0.1) is 6.54 Å². The maximum Gasteiger partial charge on any atom is 0.191 e. The van der Waals surface area contributed by atoms with Crippen molar-refractivity contribution in [2.75, 3.05) is 33.9 Å². The second kappa shape index (κ2) is 9.57. The highest BCUT2D eigenvalue weighted by Crippen LogP contribution is 2.34. The number of aryl methyl sites for hydroxylation is 1. The Hall–Kier alpha value is -2.45. The van der Waals surface area contributed by atoms with Crippen LogP contribution in [0, 0.1) is 0 Å². The molecule has 30 heavy (non-hydrogen) atoms. The van der Waals surface area contributed by atoms with Crippen LogP contribution in [0.5, 0.6) is 0 Å². The largest absolute Gasteiger partial charge is 0.381 e. The Morgan fingerprint density at radius 1 is 1.30 bits per heavy atom. The average molecular weight is 413 g/mol. The van der Waals surface area contributed by atoms with Crippen molar-refractivity contribution in [1.29, 1.82) is 0 Å². The molecule has 0 spiro atoms. The number of aromatic nitrogens is 3. The predicted octanol–water partition coefficient (Wildman–Crippen LogP) is 1.65. The van der Waals surface area contributed by atoms with Gasteiger partial charge < -0.3 is 20.1 Å². The van der Waals surface area contributed by atoms with Crippen molar-refractivity contribution in [3.63, 3.8) is 0 Å². The second-order valence-corrected chi connectivity index (χ2v) is 8.12. The van der Waals surface area contributed by atoms with Gasteiger partial charge in [-0.05, 0) is 24.8 Å². The Bertz CT molecular complexity index is 845. The molecule has 162 valence electrons. The van der Waals surface area contributed by atoms with Crippen molar-refractivity contribution < 1.29 is 9.47 Å². The van der Waals surface area contributed by atoms with E-state index in [1.54, 1.807) is 7.11 Å². The summed E-state index contributed by atoms with van der Waals surface area (Å²) < 4.78 is 12.8. The van der Waals surface area contributed by atoms with Gasteiger partial charge in [-0.15, -0.1) is 0 Å². The van der Waals surface area contributed by atoms with E-state index in [0.29, 0.717) is 6.61 Å². The molecule has 8 nitrogen and oxygen atoms in total. The number of hydrogen-bond donors (Lipinski definition) is 2. The Labute approximate surface area is 178 Å². The van der Waals surface area contributed by atoms with Gasteiger partial charge in [0.1, 0.15) is 12.4 Å². The van der Waals surface area contributed by atoms with Crippen LogP contribution in [0.15, 0.2) is 35.3 Å². The van der Waals surface area contributed by atoms with E-state index in [1.165, 1.54) is 5.56 Å². The van der Waals surface area contributed by atoms with Gasteiger partial charge >= 0.3 is 0 Å². The molecule has 0 radical (unpaired) electrons. The van der Waals surface area contributed by atoms with E-state index < -0.39 is 0 Å². The number of methoxy groups -OCH3 is 1. The molecule has 2 aliphatic heterocycles. The summed E-state index contributed by atoms with van der Waals surface area (Å²) in [6, 6.07) is 11.0. The lowest BCUT2D eigenvalue weighted by atomic mass is 9.74. The van der Waals surface area contributed by atoms with Crippen LogP contribution in [0.25, 0.3) is 0 Å². The number of fused-ring (bicyclic) bond motifs is 1. The molecule has 3 heterocycles. The van der Waals surface area contributed by atoms with Crippen molar-refractivity contribution in [3.8, 4) is 0 Å². The van der Waals surface area contributed by atoms with Gasteiger partial charge in [-0.25, -0.2) is 9.67 Å². The number of rotatable bonds is 6. The fraction of sp³-hybridized carbons (Fsp3) is 0.591. The molecule has 1 atom stereocenters. The van der Waals surface area contributed by atoms with Gasteiger partial charge in [0.2, 0.25) is 0 Å². The lowest BCUT2D eigenvalue weighted by molar-refractivity contribution is 0.0513. The van der Waals surface area contributed by atoms with Crippen LogP contribution < -0.4 is 10.6 Å². The third kappa shape index (κ3) is 4.65. The first-order chi connectivity index (χ1) is 14.7. The molecule has 0 saturated carbocycles. The zero-order chi connectivity index (χ0) is 20.8. The molecule has 8 heteroatoms. The number of benzene rings is 1. The van der Waals surface area contributed by atoms with Crippen molar-refractivity contribution in [2.24, 2.45) is 4.99 Å². The van der Waals surface area contributed by atoms with E-state index >= 15 is 0 Å². The lowest BCUT2D eigenvalue weighted by Crippen LogP contribution is -2.51. The van der Waals surface area contributed by atoms with E-state index in [9.17, 15) is 0 Å². The molecule has 2 N–H and O–H groups in total. The van der Waals surface area contributed by atoms with Crippen LogP contribution in [-0.2, 0) is 34.5 Å². The van der Waals surface area contributed by atoms with E-state index in [4.69, 9.17) is 9.47 Å². The van der Waals surface area contributed by atoms with Crippen LogP contribution >= 0.6 is 0 Å². The third-order valence-electron chi connectivity index (χ3n) is 6.17. The van der Waals surface area contributed by atoms with Gasteiger partial charge in [0.15, 0.2) is 11.8 Å².